The number of thiocarbonyl (C=S) groups is 1. The van der Waals surface area contributed by atoms with E-state index in [-0.39, 0.29) is 0 Å². The molecule has 1 aromatic heterocycles. The number of carbonyl (C=O) groups excluding carboxylic acids is 1. The first-order chi connectivity index (χ1) is 5.83. The molecule has 0 unspecified atom stereocenters. The van der Waals surface area contributed by atoms with Crippen LogP contribution < -0.4 is 0 Å². The van der Waals surface area contributed by atoms with Gasteiger partial charge in [0.1, 0.15) is 5.76 Å². The Balaban J connectivity index is 2.62. The molecular formula is C8H5NO2S. The van der Waals surface area contributed by atoms with Gasteiger partial charge in [-0.25, -0.2) is 0 Å². The monoisotopic (exact) mass is 179 g/mol. The van der Waals surface area contributed by atoms with Crippen LogP contribution >= 0.6 is 12.2 Å². The molecule has 0 spiro atoms. The van der Waals surface area contributed by atoms with Gasteiger partial charge in [0.05, 0.1) is 11.4 Å². The van der Waals surface area contributed by atoms with Crippen molar-refractivity contribution in [1.29, 1.82) is 0 Å². The molecular weight excluding hydrogens is 174 g/mol. The maximum atomic E-state index is 10.7. The molecule has 0 atom stereocenters. The maximum Gasteiger partial charge on any atom is 0.278 e. The summed E-state index contributed by atoms with van der Waals surface area (Å²) in [6, 6.07) is 3.46. The number of aliphatic imine (C=N–C) groups is 1. The second-order valence-corrected chi connectivity index (χ2v) is 2.07. The molecule has 4 heteroatoms. The van der Waals surface area contributed by atoms with E-state index in [0.717, 1.165) is 0 Å². The fourth-order valence-corrected chi connectivity index (χ4v) is 0.712. The Morgan fingerprint density at radius 3 is 3.17 bits per heavy atom. The predicted molar refractivity (Wildman–Crippen MR) is 47.8 cm³/mol. The van der Waals surface area contributed by atoms with E-state index < -0.39 is 5.91 Å². The van der Waals surface area contributed by atoms with Crippen molar-refractivity contribution in [3.05, 3.63) is 30.2 Å². The van der Waals surface area contributed by atoms with Crippen molar-refractivity contribution >= 4 is 29.4 Å². The summed E-state index contributed by atoms with van der Waals surface area (Å²) >= 11 is 4.25. The molecule has 0 radical (unpaired) electrons. The van der Waals surface area contributed by atoms with E-state index in [1.165, 1.54) is 18.4 Å². The fourth-order valence-electron chi connectivity index (χ4n) is 0.622. The highest BCUT2D eigenvalue weighted by Crippen LogP contribution is 2.01. The van der Waals surface area contributed by atoms with Gasteiger partial charge in [0.2, 0.25) is 0 Å². The molecule has 60 valence electrons. The third kappa shape index (κ3) is 2.62. The Bertz CT molecular complexity index is 334. The van der Waals surface area contributed by atoms with E-state index >= 15 is 0 Å². The van der Waals surface area contributed by atoms with Crippen LogP contribution in [0, 0.1) is 0 Å². The topological polar surface area (TPSA) is 42.6 Å². The van der Waals surface area contributed by atoms with Crippen molar-refractivity contribution in [2.45, 2.75) is 0 Å². The van der Waals surface area contributed by atoms with Gasteiger partial charge in [-0.1, -0.05) is 0 Å². The first kappa shape index (κ1) is 8.59. The zero-order chi connectivity index (χ0) is 8.81. The zero-order valence-corrected chi connectivity index (χ0v) is 6.88. The molecule has 0 fully saturated rings. The average Bonchev–Trinajstić information content (AvgIpc) is 2.53. The van der Waals surface area contributed by atoms with Crippen molar-refractivity contribution in [2.24, 2.45) is 4.99 Å². The first-order valence-corrected chi connectivity index (χ1v) is 3.57. The van der Waals surface area contributed by atoms with Crippen LogP contribution in [0.2, 0.25) is 0 Å². The summed E-state index contributed by atoms with van der Waals surface area (Å²) in [5, 5.41) is 1.97. The van der Waals surface area contributed by atoms with E-state index in [1.807, 2.05) is 5.16 Å². The number of rotatable bonds is 2. The molecule has 0 aliphatic heterocycles. The van der Waals surface area contributed by atoms with Gasteiger partial charge in [0.15, 0.2) is 0 Å². The Kier molecular flexibility index (Phi) is 3.14. The van der Waals surface area contributed by atoms with Crippen LogP contribution in [-0.4, -0.2) is 11.1 Å². The molecule has 1 amide bonds. The largest absolute Gasteiger partial charge is 0.465 e. The van der Waals surface area contributed by atoms with E-state index in [2.05, 4.69) is 17.2 Å². The molecule has 0 saturated carbocycles. The summed E-state index contributed by atoms with van der Waals surface area (Å²) in [5.41, 5.74) is 0. The molecule has 0 aromatic carbocycles. The van der Waals surface area contributed by atoms with Crippen LogP contribution in [0.3, 0.4) is 0 Å². The summed E-state index contributed by atoms with van der Waals surface area (Å²) in [6.45, 7) is 0. The van der Waals surface area contributed by atoms with Gasteiger partial charge < -0.3 is 4.42 Å². The molecule has 1 aromatic rings. The standard InChI is InChI=1S/C8H5NO2S/c10-8(9-6-12)4-3-7-2-1-5-11-7/h1-5H/b4-3+. The highest BCUT2D eigenvalue weighted by molar-refractivity contribution is 7.78. The SMILES string of the molecule is O=C(/C=C/c1ccco1)N=C=S. The average molecular weight is 179 g/mol. The molecule has 0 aliphatic carbocycles. The van der Waals surface area contributed by atoms with E-state index in [4.69, 9.17) is 4.42 Å². The van der Waals surface area contributed by atoms with E-state index in [1.54, 1.807) is 12.1 Å². The summed E-state index contributed by atoms with van der Waals surface area (Å²) < 4.78 is 4.93. The fraction of sp³-hybridized carbons (Fsp3) is 0. The Morgan fingerprint density at radius 1 is 1.75 bits per heavy atom. The number of hydrogen-bond donors (Lipinski definition) is 0. The predicted octanol–water partition coefficient (Wildman–Crippen LogP) is 1.92. The first-order valence-electron chi connectivity index (χ1n) is 3.16. The second-order valence-electron chi connectivity index (χ2n) is 1.89. The van der Waals surface area contributed by atoms with Gasteiger partial charge in [0.25, 0.3) is 5.91 Å². The quantitative estimate of drug-likeness (QED) is 0.395. The van der Waals surface area contributed by atoms with Gasteiger partial charge in [-0.3, -0.25) is 4.79 Å². The minimum Gasteiger partial charge on any atom is -0.465 e. The van der Waals surface area contributed by atoms with Gasteiger partial charge in [-0.05, 0) is 30.4 Å². The second kappa shape index (κ2) is 4.38. The molecule has 12 heavy (non-hydrogen) atoms. The van der Waals surface area contributed by atoms with Crippen molar-refractivity contribution in [3.63, 3.8) is 0 Å². The molecule has 1 heterocycles. The number of hydrogen-bond acceptors (Lipinski definition) is 3. The minimum atomic E-state index is -0.443. The van der Waals surface area contributed by atoms with Crippen molar-refractivity contribution in [2.75, 3.05) is 0 Å². The summed E-state index contributed by atoms with van der Waals surface area (Å²) in [4.78, 5) is 13.9. The lowest BCUT2D eigenvalue weighted by atomic mass is 10.4. The van der Waals surface area contributed by atoms with Crippen molar-refractivity contribution in [3.8, 4) is 0 Å². The zero-order valence-electron chi connectivity index (χ0n) is 6.06. The number of nitrogens with zero attached hydrogens (tertiary/aromatic N) is 1. The van der Waals surface area contributed by atoms with Gasteiger partial charge in [-0.15, -0.1) is 0 Å². The lowest BCUT2D eigenvalue weighted by Gasteiger charge is -1.80. The van der Waals surface area contributed by atoms with Crippen LogP contribution in [0.15, 0.2) is 33.9 Å². The minimum absolute atomic E-state index is 0.443. The summed E-state index contributed by atoms with van der Waals surface area (Å²) in [7, 11) is 0. The number of isothiocyanates is 1. The smallest absolute Gasteiger partial charge is 0.278 e. The number of carbonyl (C=O) groups is 1. The molecule has 0 aliphatic rings. The van der Waals surface area contributed by atoms with Gasteiger partial charge in [-0.2, -0.15) is 4.99 Å². The molecule has 3 nitrogen and oxygen atoms in total. The van der Waals surface area contributed by atoms with Crippen LogP contribution in [0.5, 0.6) is 0 Å². The third-order valence-electron chi connectivity index (χ3n) is 1.09. The molecule has 0 N–H and O–H groups in total. The maximum absolute atomic E-state index is 10.7. The van der Waals surface area contributed by atoms with Gasteiger partial charge in [0, 0.05) is 6.08 Å². The molecule has 0 saturated heterocycles. The summed E-state index contributed by atoms with van der Waals surface area (Å²) in [6.07, 6.45) is 4.29. The van der Waals surface area contributed by atoms with Crippen LogP contribution in [0.1, 0.15) is 5.76 Å². The molecule has 1 rings (SSSR count). The van der Waals surface area contributed by atoms with Crippen molar-refractivity contribution < 1.29 is 9.21 Å². The number of amides is 1. The van der Waals surface area contributed by atoms with E-state index in [9.17, 15) is 4.79 Å². The Morgan fingerprint density at radius 2 is 2.58 bits per heavy atom. The normalized spacial score (nSPS) is 9.67. The Hall–Kier alpha value is -1.51. The Labute approximate surface area is 74.4 Å². The van der Waals surface area contributed by atoms with Crippen LogP contribution in [0.25, 0.3) is 6.08 Å². The summed E-state index contributed by atoms with van der Waals surface area (Å²) in [5.74, 6) is 0.157. The van der Waals surface area contributed by atoms with Gasteiger partial charge >= 0.3 is 0 Å². The highest BCUT2D eigenvalue weighted by Gasteiger charge is 1.90. The lowest BCUT2D eigenvalue weighted by Crippen LogP contribution is -1.82. The van der Waals surface area contributed by atoms with Crippen molar-refractivity contribution in [1.82, 2.24) is 0 Å². The van der Waals surface area contributed by atoms with Crippen LogP contribution in [0.4, 0.5) is 0 Å². The lowest BCUT2D eigenvalue weighted by molar-refractivity contribution is -0.113. The highest BCUT2D eigenvalue weighted by atomic mass is 32.1. The third-order valence-corrected chi connectivity index (χ3v) is 1.18. The van der Waals surface area contributed by atoms with Crippen LogP contribution in [-0.2, 0) is 4.79 Å². The molecule has 0 bridgehead atoms. The van der Waals surface area contributed by atoms with E-state index in [0.29, 0.717) is 5.76 Å². The number of furan rings is 1.